The summed E-state index contributed by atoms with van der Waals surface area (Å²) in [5.74, 6) is 0.613. The largest absolute Gasteiger partial charge is 0.333 e. The molecule has 0 bridgehead atoms. The predicted octanol–water partition coefficient (Wildman–Crippen LogP) is 5.22. The Hall–Kier alpha value is -2.97. The molecule has 0 fully saturated rings. The SMILES string of the molecule is Cc1cccc(-c2noc(-c3sccc3S(=O)(=O)N(C)c3cc(C)cc(C)c3)n2)c1. The van der Waals surface area contributed by atoms with Gasteiger partial charge in [0.2, 0.25) is 5.82 Å². The molecule has 30 heavy (non-hydrogen) atoms. The fraction of sp³-hybridized carbons (Fsp3) is 0.182. The Morgan fingerprint density at radius 3 is 2.40 bits per heavy atom. The molecule has 0 unspecified atom stereocenters. The standard InChI is InChI=1S/C22H21N3O3S2/c1-14-6-5-7-17(11-14)21-23-22(28-24-21)20-19(8-9-29-20)30(26,27)25(4)18-12-15(2)10-16(3)13-18/h5-13H,1-4H3. The molecule has 4 aromatic rings. The normalized spacial score (nSPS) is 11.6. The van der Waals surface area contributed by atoms with Gasteiger partial charge in [-0.25, -0.2) is 8.42 Å². The molecule has 6 nitrogen and oxygen atoms in total. The number of benzene rings is 2. The van der Waals surface area contributed by atoms with Crippen LogP contribution >= 0.6 is 11.3 Å². The van der Waals surface area contributed by atoms with Crippen molar-refractivity contribution < 1.29 is 12.9 Å². The number of hydrogen-bond acceptors (Lipinski definition) is 6. The van der Waals surface area contributed by atoms with Crippen molar-refractivity contribution in [1.29, 1.82) is 0 Å². The first kappa shape index (κ1) is 20.3. The highest BCUT2D eigenvalue weighted by molar-refractivity contribution is 7.93. The number of thiophene rings is 1. The quantitative estimate of drug-likeness (QED) is 0.426. The van der Waals surface area contributed by atoms with Gasteiger partial charge < -0.3 is 4.52 Å². The summed E-state index contributed by atoms with van der Waals surface area (Å²) in [5.41, 5.74) is 4.50. The minimum Gasteiger partial charge on any atom is -0.333 e. The molecule has 0 atom stereocenters. The molecule has 2 heterocycles. The first-order valence-corrected chi connectivity index (χ1v) is 11.6. The fourth-order valence-electron chi connectivity index (χ4n) is 3.29. The Morgan fingerprint density at radius 1 is 0.967 bits per heavy atom. The summed E-state index contributed by atoms with van der Waals surface area (Å²) >= 11 is 1.26. The molecule has 0 radical (unpaired) electrons. The monoisotopic (exact) mass is 439 g/mol. The number of hydrogen-bond donors (Lipinski definition) is 0. The van der Waals surface area contributed by atoms with E-state index in [9.17, 15) is 8.42 Å². The van der Waals surface area contributed by atoms with Gasteiger partial charge in [-0.1, -0.05) is 35.0 Å². The van der Waals surface area contributed by atoms with E-state index >= 15 is 0 Å². The molecule has 0 aliphatic carbocycles. The number of aromatic nitrogens is 2. The van der Waals surface area contributed by atoms with E-state index in [-0.39, 0.29) is 10.8 Å². The lowest BCUT2D eigenvalue weighted by atomic mass is 10.1. The summed E-state index contributed by atoms with van der Waals surface area (Å²) < 4.78 is 33.5. The lowest BCUT2D eigenvalue weighted by Gasteiger charge is -2.20. The predicted molar refractivity (Wildman–Crippen MR) is 119 cm³/mol. The Labute approximate surface area is 179 Å². The van der Waals surface area contributed by atoms with Crippen molar-refractivity contribution in [3.05, 3.63) is 70.6 Å². The van der Waals surface area contributed by atoms with Crippen LogP contribution < -0.4 is 4.31 Å². The summed E-state index contributed by atoms with van der Waals surface area (Å²) in [6.45, 7) is 5.87. The molecular formula is C22H21N3O3S2. The van der Waals surface area contributed by atoms with Crippen LogP contribution in [0, 0.1) is 20.8 Å². The fourth-order valence-corrected chi connectivity index (χ4v) is 5.79. The van der Waals surface area contributed by atoms with Crippen molar-refractivity contribution >= 4 is 27.0 Å². The zero-order chi connectivity index (χ0) is 21.5. The molecule has 0 saturated heterocycles. The van der Waals surface area contributed by atoms with Crippen LogP contribution in [0.15, 0.2) is 63.3 Å². The van der Waals surface area contributed by atoms with Gasteiger partial charge in [-0.2, -0.15) is 4.98 Å². The number of anilines is 1. The van der Waals surface area contributed by atoms with Crippen molar-refractivity contribution in [3.8, 4) is 22.2 Å². The molecule has 0 amide bonds. The molecule has 0 saturated carbocycles. The zero-order valence-electron chi connectivity index (χ0n) is 17.1. The van der Waals surface area contributed by atoms with Gasteiger partial charge >= 0.3 is 0 Å². The van der Waals surface area contributed by atoms with Crippen LogP contribution in [-0.2, 0) is 10.0 Å². The summed E-state index contributed by atoms with van der Waals surface area (Å²) in [5, 5.41) is 5.76. The van der Waals surface area contributed by atoms with Crippen LogP contribution in [0.1, 0.15) is 16.7 Å². The minimum absolute atomic E-state index is 0.147. The Balaban J connectivity index is 1.73. The number of nitrogens with zero attached hydrogens (tertiary/aromatic N) is 3. The molecule has 154 valence electrons. The molecular weight excluding hydrogens is 418 g/mol. The Kier molecular flexibility index (Phi) is 5.21. The summed E-state index contributed by atoms with van der Waals surface area (Å²) in [4.78, 5) is 5.02. The van der Waals surface area contributed by atoms with Gasteiger partial charge in [0, 0.05) is 12.6 Å². The lowest BCUT2D eigenvalue weighted by Crippen LogP contribution is -2.26. The van der Waals surface area contributed by atoms with E-state index in [4.69, 9.17) is 4.52 Å². The maximum atomic E-state index is 13.4. The first-order chi connectivity index (χ1) is 14.3. The van der Waals surface area contributed by atoms with Gasteiger partial charge in [0.05, 0.1) is 5.69 Å². The van der Waals surface area contributed by atoms with Gasteiger partial charge in [-0.05, 0) is 61.5 Å². The lowest BCUT2D eigenvalue weighted by molar-refractivity contribution is 0.432. The van der Waals surface area contributed by atoms with Crippen LogP contribution in [0.3, 0.4) is 0 Å². The smallest absolute Gasteiger partial charge is 0.269 e. The second kappa shape index (κ2) is 7.70. The average Bonchev–Trinajstić information content (AvgIpc) is 3.36. The Morgan fingerprint density at radius 2 is 1.70 bits per heavy atom. The van der Waals surface area contributed by atoms with E-state index in [1.807, 2.05) is 63.2 Å². The van der Waals surface area contributed by atoms with Crippen LogP contribution in [0.4, 0.5) is 5.69 Å². The zero-order valence-corrected chi connectivity index (χ0v) is 18.7. The van der Waals surface area contributed by atoms with Crippen molar-refractivity contribution in [2.75, 3.05) is 11.4 Å². The third kappa shape index (κ3) is 3.76. The molecule has 8 heteroatoms. The summed E-state index contributed by atoms with van der Waals surface area (Å²) in [6, 6.07) is 15.0. The molecule has 2 aromatic carbocycles. The number of sulfonamides is 1. The molecule has 4 rings (SSSR count). The number of rotatable bonds is 5. The van der Waals surface area contributed by atoms with Gasteiger partial charge in [-0.3, -0.25) is 4.31 Å². The third-order valence-electron chi connectivity index (χ3n) is 4.73. The highest BCUT2D eigenvalue weighted by atomic mass is 32.2. The first-order valence-electron chi connectivity index (χ1n) is 9.31. The van der Waals surface area contributed by atoms with E-state index in [0.717, 1.165) is 22.3 Å². The highest BCUT2D eigenvalue weighted by Gasteiger charge is 2.29. The van der Waals surface area contributed by atoms with Crippen LogP contribution in [-0.4, -0.2) is 25.6 Å². The van der Waals surface area contributed by atoms with Crippen LogP contribution in [0.2, 0.25) is 0 Å². The maximum absolute atomic E-state index is 13.4. The molecule has 0 aliphatic rings. The number of aryl methyl sites for hydroxylation is 3. The molecule has 2 aromatic heterocycles. The summed E-state index contributed by atoms with van der Waals surface area (Å²) in [7, 11) is -2.25. The molecule has 0 spiro atoms. The minimum atomic E-state index is -3.81. The van der Waals surface area contributed by atoms with Crippen molar-refractivity contribution in [2.24, 2.45) is 0 Å². The third-order valence-corrected chi connectivity index (χ3v) is 7.59. The second-order valence-corrected chi connectivity index (χ2v) is 10.1. The van der Waals surface area contributed by atoms with Gasteiger partial charge in [0.1, 0.15) is 9.77 Å². The van der Waals surface area contributed by atoms with E-state index < -0.39 is 10.0 Å². The molecule has 0 N–H and O–H groups in total. The average molecular weight is 440 g/mol. The second-order valence-electron chi connectivity index (χ2n) is 7.23. The highest BCUT2D eigenvalue weighted by Crippen LogP contribution is 2.35. The van der Waals surface area contributed by atoms with Crippen molar-refractivity contribution in [1.82, 2.24) is 10.1 Å². The van der Waals surface area contributed by atoms with Gasteiger partial charge in [0.25, 0.3) is 15.9 Å². The maximum Gasteiger partial charge on any atom is 0.269 e. The topological polar surface area (TPSA) is 76.3 Å². The van der Waals surface area contributed by atoms with Crippen LogP contribution in [0.5, 0.6) is 0 Å². The van der Waals surface area contributed by atoms with Gasteiger partial charge in [0.15, 0.2) is 0 Å². The van der Waals surface area contributed by atoms with Crippen molar-refractivity contribution in [3.63, 3.8) is 0 Å². The van der Waals surface area contributed by atoms with E-state index in [0.29, 0.717) is 16.4 Å². The van der Waals surface area contributed by atoms with E-state index in [1.165, 1.54) is 15.6 Å². The summed E-state index contributed by atoms with van der Waals surface area (Å²) in [6.07, 6.45) is 0. The van der Waals surface area contributed by atoms with Gasteiger partial charge in [-0.15, -0.1) is 11.3 Å². The van der Waals surface area contributed by atoms with E-state index in [1.54, 1.807) is 18.5 Å². The van der Waals surface area contributed by atoms with Crippen LogP contribution in [0.25, 0.3) is 22.2 Å². The van der Waals surface area contributed by atoms with Crippen molar-refractivity contribution in [2.45, 2.75) is 25.7 Å². The van der Waals surface area contributed by atoms with E-state index in [2.05, 4.69) is 10.1 Å². The Bertz CT molecular complexity index is 1300. The molecule has 0 aliphatic heterocycles.